The average Bonchev–Trinajstić information content (AvgIpc) is 2.88. The van der Waals surface area contributed by atoms with E-state index in [1.807, 2.05) is 0 Å². The van der Waals surface area contributed by atoms with E-state index in [1.165, 1.54) is 25.9 Å². The number of likely N-dealkylation sites (tertiary alicyclic amines) is 1. The average molecular weight is 240 g/mol. The molecule has 2 aliphatic heterocycles. The minimum atomic E-state index is 0.190. The van der Waals surface area contributed by atoms with E-state index in [-0.39, 0.29) is 11.8 Å². The van der Waals surface area contributed by atoms with Gasteiger partial charge in [0.15, 0.2) is 0 Å². The lowest BCUT2D eigenvalue weighted by Gasteiger charge is -2.21. The number of ether oxygens (including phenoxy) is 1. The first-order valence-electron chi connectivity index (χ1n) is 6.94. The van der Waals surface area contributed by atoms with Gasteiger partial charge in [-0.05, 0) is 51.7 Å². The molecule has 0 aliphatic carbocycles. The second-order valence-electron chi connectivity index (χ2n) is 5.08. The molecule has 98 valence electrons. The molecule has 2 aliphatic rings. The highest BCUT2D eigenvalue weighted by atomic mass is 16.5. The Labute approximate surface area is 104 Å². The Kier molecular flexibility index (Phi) is 5.26. The van der Waals surface area contributed by atoms with Gasteiger partial charge in [0.2, 0.25) is 5.91 Å². The van der Waals surface area contributed by atoms with E-state index in [0.29, 0.717) is 0 Å². The third-order valence-corrected chi connectivity index (χ3v) is 3.74. The fourth-order valence-electron chi connectivity index (χ4n) is 2.62. The van der Waals surface area contributed by atoms with Crippen molar-refractivity contribution in [1.82, 2.24) is 10.2 Å². The van der Waals surface area contributed by atoms with E-state index in [4.69, 9.17) is 4.74 Å². The fraction of sp³-hybridized carbons (Fsp3) is 0.923. The third kappa shape index (κ3) is 4.28. The van der Waals surface area contributed by atoms with E-state index >= 15 is 0 Å². The van der Waals surface area contributed by atoms with Gasteiger partial charge in [-0.2, -0.15) is 0 Å². The summed E-state index contributed by atoms with van der Waals surface area (Å²) in [6.07, 6.45) is 5.54. The second kappa shape index (κ2) is 6.97. The first-order valence-corrected chi connectivity index (χ1v) is 6.94. The van der Waals surface area contributed by atoms with Crippen LogP contribution in [0.5, 0.6) is 0 Å². The number of hydrogen-bond donors (Lipinski definition) is 1. The molecule has 17 heavy (non-hydrogen) atoms. The van der Waals surface area contributed by atoms with Crippen molar-refractivity contribution in [3.8, 4) is 0 Å². The van der Waals surface area contributed by atoms with Crippen LogP contribution in [0.2, 0.25) is 0 Å². The van der Waals surface area contributed by atoms with Crippen molar-refractivity contribution in [1.29, 1.82) is 0 Å². The summed E-state index contributed by atoms with van der Waals surface area (Å²) in [5.74, 6) is 0.422. The Morgan fingerprint density at radius 3 is 2.65 bits per heavy atom. The Hall–Kier alpha value is -0.610. The number of carbonyl (C=O) groups is 1. The molecule has 4 heteroatoms. The number of carbonyl (C=O) groups excluding carboxylic acids is 1. The molecule has 0 radical (unpaired) electrons. The van der Waals surface area contributed by atoms with E-state index < -0.39 is 0 Å². The summed E-state index contributed by atoms with van der Waals surface area (Å²) in [4.78, 5) is 14.3. The zero-order valence-corrected chi connectivity index (χ0v) is 10.6. The normalized spacial score (nSPS) is 22.8. The van der Waals surface area contributed by atoms with Crippen LogP contribution < -0.4 is 5.32 Å². The van der Waals surface area contributed by atoms with Crippen LogP contribution >= 0.6 is 0 Å². The van der Waals surface area contributed by atoms with Crippen LogP contribution in [-0.2, 0) is 9.53 Å². The monoisotopic (exact) mass is 240 g/mol. The van der Waals surface area contributed by atoms with Gasteiger partial charge < -0.3 is 15.0 Å². The van der Waals surface area contributed by atoms with Gasteiger partial charge in [-0.25, -0.2) is 0 Å². The molecule has 2 rings (SSSR count). The quantitative estimate of drug-likeness (QED) is 0.729. The highest BCUT2D eigenvalue weighted by molar-refractivity contribution is 5.78. The van der Waals surface area contributed by atoms with E-state index in [1.54, 1.807) is 0 Å². The molecule has 0 spiro atoms. The highest BCUT2D eigenvalue weighted by Gasteiger charge is 2.20. The molecule has 0 aromatic carbocycles. The minimum Gasteiger partial charge on any atom is -0.381 e. The SMILES string of the molecule is O=C(NCCCN1CCCC1)C1CCOCC1. The van der Waals surface area contributed by atoms with E-state index in [9.17, 15) is 4.79 Å². The zero-order chi connectivity index (χ0) is 11.9. The van der Waals surface area contributed by atoms with Crippen LogP contribution in [0.4, 0.5) is 0 Å². The smallest absolute Gasteiger partial charge is 0.223 e. The Balaban J connectivity index is 1.53. The molecule has 4 nitrogen and oxygen atoms in total. The van der Waals surface area contributed by atoms with Crippen molar-refractivity contribution in [2.75, 3.05) is 39.4 Å². The van der Waals surface area contributed by atoms with Crippen LogP contribution in [0.15, 0.2) is 0 Å². The van der Waals surface area contributed by atoms with Gasteiger partial charge in [-0.3, -0.25) is 4.79 Å². The number of amides is 1. The summed E-state index contributed by atoms with van der Waals surface area (Å²) in [6.45, 7) is 5.93. The number of nitrogens with zero attached hydrogens (tertiary/aromatic N) is 1. The largest absolute Gasteiger partial charge is 0.381 e. The summed E-state index contributed by atoms with van der Waals surface area (Å²) >= 11 is 0. The molecule has 0 saturated carbocycles. The van der Waals surface area contributed by atoms with Crippen LogP contribution in [0.25, 0.3) is 0 Å². The fourth-order valence-corrected chi connectivity index (χ4v) is 2.62. The van der Waals surface area contributed by atoms with Gasteiger partial charge in [-0.1, -0.05) is 0 Å². The van der Waals surface area contributed by atoms with Gasteiger partial charge in [0.25, 0.3) is 0 Å². The molecule has 2 saturated heterocycles. The van der Waals surface area contributed by atoms with Crippen molar-refractivity contribution in [3.05, 3.63) is 0 Å². The predicted molar refractivity (Wildman–Crippen MR) is 66.8 cm³/mol. The van der Waals surface area contributed by atoms with Gasteiger partial charge in [0, 0.05) is 25.7 Å². The lowest BCUT2D eigenvalue weighted by molar-refractivity contribution is -0.127. The Bertz CT molecular complexity index is 234. The summed E-state index contributed by atoms with van der Waals surface area (Å²) < 4.78 is 5.26. The molecular weight excluding hydrogens is 216 g/mol. The summed E-state index contributed by atoms with van der Waals surface area (Å²) in [5.41, 5.74) is 0. The van der Waals surface area contributed by atoms with Crippen LogP contribution in [-0.4, -0.2) is 50.2 Å². The lowest BCUT2D eigenvalue weighted by atomic mass is 9.99. The van der Waals surface area contributed by atoms with E-state index in [0.717, 1.165) is 45.6 Å². The first kappa shape index (κ1) is 12.8. The summed E-state index contributed by atoms with van der Waals surface area (Å²) in [6, 6.07) is 0. The van der Waals surface area contributed by atoms with Gasteiger partial charge >= 0.3 is 0 Å². The lowest BCUT2D eigenvalue weighted by Crippen LogP contribution is -2.35. The molecule has 0 unspecified atom stereocenters. The molecular formula is C13H24N2O2. The molecule has 0 aromatic heterocycles. The molecule has 1 N–H and O–H groups in total. The summed E-state index contributed by atoms with van der Waals surface area (Å²) in [5, 5.41) is 3.06. The predicted octanol–water partition coefficient (Wildman–Crippen LogP) is 1.02. The second-order valence-corrected chi connectivity index (χ2v) is 5.08. The van der Waals surface area contributed by atoms with Gasteiger partial charge in [-0.15, -0.1) is 0 Å². The number of hydrogen-bond acceptors (Lipinski definition) is 3. The van der Waals surface area contributed by atoms with Gasteiger partial charge in [0.05, 0.1) is 0 Å². The van der Waals surface area contributed by atoms with Crippen molar-refractivity contribution in [3.63, 3.8) is 0 Å². The Morgan fingerprint density at radius 2 is 1.94 bits per heavy atom. The molecule has 2 heterocycles. The molecule has 0 atom stereocenters. The zero-order valence-electron chi connectivity index (χ0n) is 10.6. The molecule has 0 aromatic rings. The first-order chi connectivity index (χ1) is 8.36. The van der Waals surface area contributed by atoms with Crippen molar-refractivity contribution in [2.24, 2.45) is 5.92 Å². The van der Waals surface area contributed by atoms with Crippen LogP contribution in [0.3, 0.4) is 0 Å². The van der Waals surface area contributed by atoms with Crippen molar-refractivity contribution >= 4 is 5.91 Å². The number of rotatable bonds is 5. The van der Waals surface area contributed by atoms with Crippen LogP contribution in [0.1, 0.15) is 32.1 Å². The third-order valence-electron chi connectivity index (χ3n) is 3.74. The molecule has 0 bridgehead atoms. The van der Waals surface area contributed by atoms with Gasteiger partial charge in [0.1, 0.15) is 0 Å². The number of nitrogens with one attached hydrogen (secondary N) is 1. The van der Waals surface area contributed by atoms with Crippen LogP contribution in [0, 0.1) is 5.92 Å². The summed E-state index contributed by atoms with van der Waals surface area (Å²) in [7, 11) is 0. The van der Waals surface area contributed by atoms with Crippen molar-refractivity contribution < 1.29 is 9.53 Å². The minimum absolute atomic E-state index is 0.190. The maximum atomic E-state index is 11.8. The maximum Gasteiger partial charge on any atom is 0.223 e. The molecule has 2 fully saturated rings. The maximum absolute atomic E-state index is 11.8. The Morgan fingerprint density at radius 1 is 1.24 bits per heavy atom. The highest BCUT2D eigenvalue weighted by Crippen LogP contribution is 2.14. The molecule has 1 amide bonds. The van der Waals surface area contributed by atoms with E-state index in [2.05, 4.69) is 10.2 Å². The van der Waals surface area contributed by atoms with Crippen molar-refractivity contribution in [2.45, 2.75) is 32.1 Å². The standard InChI is InChI=1S/C13H24N2O2/c16-13(12-4-10-17-11-5-12)14-6-3-9-15-7-1-2-8-15/h12H,1-11H2,(H,14,16). The topological polar surface area (TPSA) is 41.6 Å².